The molecule has 1 atom stereocenters. The van der Waals surface area contributed by atoms with Gasteiger partial charge in [-0.15, -0.1) is 0 Å². The van der Waals surface area contributed by atoms with E-state index in [1.165, 1.54) is 19.1 Å². The highest BCUT2D eigenvalue weighted by atomic mass is 19.1. The molecule has 1 aliphatic rings. The van der Waals surface area contributed by atoms with Crippen LogP contribution < -0.4 is 16.4 Å². The number of anilines is 1. The number of carbonyl (C=O) groups excluding carboxylic acids is 2. The maximum absolute atomic E-state index is 13.5. The Labute approximate surface area is 116 Å². The summed E-state index contributed by atoms with van der Waals surface area (Å²) in [6.07, 6.45) is 2.14. The van der Waals surface area contributed by atoms with Gasteiger partial charge < -0.3 is 16.4 Å². The molecule has 1 aromatic carbocycles. The van der Waals surface area contributed by atoms with Gasteiger partial charge in [-0.05, 0) is 37.0 Å². The van der Waals surface area contributed by atoms with Crippen LogP contribution in [0.2, 0.25) is 0 Å². The molecule has 1 aliphatic carbocycles. The van der Waals surface area contributed by atoms with Gasteiger partial charge in [0.15, 0.2) is 0 Å². The largest absolute Gasteiger partial charge is 0.348 e. The Morgan fingerprint density at radius 1 is 1.45 bits per heavy atom. The second-order valence-corrected chi connectivity index (χ2v) is 5.03. The van der Waals surface area contributed by atoms with Crippen LogP contribution in [0.3, 0.4) is 0 Å². The Bertz CT molecular complexity index is 529. The molecule has 108 valence electrons. The molecule has 5 nitrogen and oxygen atoms in total. The molecular formula is C14H18FN3O2. The third-order valence-corrected chi connectivity index (χ3v) is 3.30. The molecule has 4 N–H and O–H groups in total. The third-order valence-electron chi connectivity index (χ3n) is 3.30. The van der Waals surface area contributed by atoms with Crippen LogP contribution in [0.5, 0.6) is 0 Å². The lowest BCUT2D eigenvalue weighted by molar-refractivity contribution is -0.114. The van der Waals surface area contributed by atoms with E-state index in [1.54, 1.807) is 0 Å². The van der Waals surface area contributed by atoms with Crippen molar-refractivity contribution in [1.29, 1.82) is 0 Å². The zero-order valence-corrected chi connectivity index (χ0v) is 11.3. The Morgan fingerprint density at radius 2 is 2.15 bits per heavy atom. The van der Waals surface area contributed by atoms with E-state index in [4.69, 9.17) is 5.73 Å². The van der Waals surface area contributed by atoms with Crippen molar-refractivity contribution in [2.24, 2.45) is 11.7 Å². The minimum Gasteiger partial charge on any atom is -0.348 e. The molecule has 0 spiro atoms. The molecule has 0 bridgehead atoms. The van der Waals surface area contributed by atoms with Crippen LogP contribution in [0.15, 0.2) is 18.2 Å². The molecule has 1 fully saturated rings. The van der Waals surface area contributed by atoms with Crippen molar-refractivity contribution in [3.63, 3.8) is 0 Å². The smallest absolute Gasteiger partial charge is 0.251 e. The van der Waals surface area contributed by atoms with E-state index in [0.717, 1.165) is 18.9 Å². The maximum atomic E-state index is 13.5. The van der Waals surface area contributed by atoms with Crippen molar-refractivity contribution in [2.75, 3.05) is 11.9 Å². The summed E-state index contributed by atoms with van der Waals surface area (Å²) in [6.45, 7) is 1.67. The summed E-state index contributed by atoms with van der Waals surface area (Å²) in [4.78, 5) is 23.1. The van der Waals surface area contributed by atoms with E-state index in [9.17, 15) is 14.0 Å². The standard InChI is InChI=1S/C14H18FN3O2/c1-8(19)17-12-6-10(4-5-11(12)15)14(20)18-13(7-16)9-2-3-9/h4-6,9,13H,2-3,7,16H2,1H3,(H,17,19)(H,18,20). The molecule has 1 unspecified atom stereocenters. The molecule has 0 radical (unpaired) electrons. The van der Waals surface area contributed by atoms with Crippen molar-refractivity contribution in [3.8, 4) is 0 Å². The summed E-state index contributed by atoms with van der Waals surface area (Å²) in [5.74, 6) is -0.827. The van der Waals surface area contributed by atoms with Gasteiger partial charge in [0, 0.05) is 25.1 Å². The summed E-state index contributed by atoms with van der Waals surface area (Å²) in [7, 11) is 0. The van der Waals surface area contributed by atoms with Gasteiger partial charge in [0.1, 0.15) is 5.82 Å². The molecule has 0 heterocycles. The minimum absolute atomic E-state index is 0.000806. The second kappa shape index (κ2) is 6.00. The number of amides is 2. The van der Waals surface area contributed by atoms with Gasteiger partial charge in [-0.25, -0.2) is 4.39 Å². The first-order valence-corrected chi connectivity index (χ1v) is 6.59. The van der Waals surface area contributed by atoms with E-state index >= 15 is 0 Å². The molecule has 2 amide bonds. The normalized spacial score (nSPS) is 15.6. The van der Waals surface area contributed by atoms with Gasteiger partial charge in [-0.3, -0.25) is 9.59 Å². The Morgan fingerprint density at radius 3 is 2.70 bits per heavy atom. The Hall–Kier alpha value is -1.95. The molecule has 6 heteroatoms. The second-order valence-electron chi connectivity index (χ2n) is 5.03. The molecule has 2 rings (SSSR count). The zero-order valence-electron chi connectivity index (χ0n) is 11.3. The van der Waals surface area contributed by atoms with Crippen LogP contribution in [-0.2, 0) is 4.79 Å². The van der Waals surface area contributed by atoms with Gasteiger partial charge in [0.2, 0.25) is 5.91 Å². The Balaban J connectivity index is 2.10. The number of halogens is 1. The van der Waals surface area contributed by atoms with E-state index in [1.807, 2.05) is 0 Å². The number of carbonyl (C=O) groups is 2. The topological polar surface area (TPSA) is 84.2 Å². The molecular weight excluding hydrogens is 261 g/mol. The third kappa shape index (κ3) is 3.54. The van der Waals surface area contributed by atoms with E-state index < -0.39 is 5.82 Å². The van der Waals surface area contributed by atoms with Crippen LogP contribution in [0, 0.1) is 11.7 Å². The fraction of sp³-hybridized carbons (Fsp3) is 0.429. The lowest BCUT2D eigenvalue weighted by Gasteiger charge is -2.16. The van der Waals surface area contributed by atoms with E-state index in [2.05, 4.69) is 10.6 Å². The number of benzene rings is 1. The number of nitrogens with one attached hydrogen (secondary N) is 2. The monoisotopic (exact) mass is 279 g/mol. The average Bonchev–Trinajstić information content (AvgIpc) is 3.22. The molecule has 0 aliphatic heterocycles. The predicted molar refractivity (Wildman–Crippen MR) is 73.7 cm³/mol. The summed E-state index contributed by atoms with van der Waals surface area (Å²) in [6, 6.07) is 3.83. The zero-order chi connectivity index (χ0) is 14.7. The molecule has 0 saturated heterocycles. The molecule has 20 heavy (non-hydrogen) atoms. The van der Waals surface area contributed by atoms with Crippen molar-refractivity contribution < 1.29 is 14.0 Å². The highest BCUT2D eigenvalue weighted by molar-refractivity contribution is 5.97. The van der Waals surface area contributed by atoms with E-state index in [-0.39, 0.29) is 23.5 Å². The molecule has 0 aromatic heterocycles. The van der Waals surface area contributed by atoms with Crippen LogP contribution in [-0.4, -0.2) is 24.4 Å². The van der Waals surface area contributed by atoms with Gasteiger partial charge in [0.25, 0.3) is 5.91 Å². The highest BCUT2D eigenvalue weighted by Crippen LogP contribution is 2.32. The SMILES string of the molecule is CC(=O)Nc1cc(C(=O)NC(CN)C2CC2)ccc1F. The van der Waals surface area contributed by atoms with Gasteiger partial charge in [-0.1, -0.05) is 0 Å². The molecule has 1 aromatic rings. The minimum atomic E-state index is -0.575. The van der Waals surface area contributed by atoms with Gasteiger partial charge in [-0.2, -0.15) is 0 Å². The fourth-order valence-corrected chi connectivity index (χ4v) is 2.07. The lowest BCUT2D eigenvalue weighted by atomic mass is 10.1. The summed E-state index contributed by atoms with van der Waals surface area (Å²) < 4.78 is 13.5. The predicted octanol–water partition coefficient (Wildman–Crippen LogP) is 1.25. The first-order chi connectivity index (χ1) is 9.51. The van der Waals surface area contributed by atoms with Crippen LogP contribution in [0.25, 0.3) is 0 Å². The first-order valence-electron chi connectivity index (χ1n) is 6.59. The van der Waals surface area contributed by atoms with Crippen LogP contribution in [0.1, 0.15) is 30.1 Å². The van der Waals surface area contributed by atoms with Crippen molar-refractivity contribution >= 4 is 17.5 Å². The average molecular weight is 279 g/mol. The number of hydrogen-bond acceptors (Lipinski definition) is 3. The number of rotatable bonds is 5. The summed E-state index contributed by atoms with van der Waals surface area (Å²) in [5.41, 5.74) is 5.93. The van der Waals surface area contributed by atoms with Crippen molar-refractivity contribution in [1.82, 2.24) is 5.32 Å². The summed E-state index contributed by atoms with van der Waals surface area (Å²) in [5, 5.41) is 5.20. The van der Waals surface area contributed by atoms with Crippen LogP contribution in [0.4, 0.5) is 10.1 Å². The Kier molecular flexibility index (Phi) is 4.34. The summed E-state index contributed by atoms with van der Waals surface area (Å²) >= 11 is 0. The first kappa shape index (κ1) is 14.5. The fourth-order valence-electron chi connectivity index (χ4n) is 2.07. The van der Waals surface area contributed by atoms with Gasteiger partial charge >= 0.3 is 0 Å². The number of nitrogens with two attached hydrogens (primary N) is 1. The van der Waals surface area contributed by atoms with E-state index in [0.29, 0.717) is 18.0 Å². The number of hydrogen-bond donors (Lipinski definition) is 3. The maximum Gasteiger partial charge on any atom is 0.251 e. The molecule has 1 saturated carbocycles. The highest BCUT2D eigenvalue weighted by Gasteiger charge is 2.31. The quantitative estimate of drug-likeness (QED) is 0.758. The van der Waals surface area contributed by atoms with Crippen LogP contribution >= 0.6 is 0 Å². The van der Waals surface area contributed by atoms with Gasteiger partial charge in [0.05, 0.1) is 5.69 Å². The lowest BCUT2D eigenvalue weighted by Crippen LogP contribution is -2.41. The van der Waals surface area contributed by atoms with Crippen molar-refractivity contribution in [3.05, 3.63) is 29.6 Å². The van der Waals surface area contributed by atoms with Crippen molar-refractivity contribution in [2.45, 2.75) is 25.8 Å².